The van der Waals surface area contributed by atoms with Gasteiger partial charge in [0.05, 0.1) is 0 Å². The summed E-state index contributed by atoms with van der Waals surface area (Å²) in [5, 5.41) is 3.55. The third kappa shape index (κ3) is 4.09. The highest BCUT2D eigenvalue weighted by atomic mass is 15.2. The molecule has 1 atom stereocenters. The number of piperidine rings is 1. The van der Waals surface area contributed by atoms with E-state index in [1.54, 1.807) is 0 Å². The van der Waals surface area contributed by atoms with E-state index in [1.807, 2.05) is 6.20 Å². The third-order valence-electron chi connectivity index (χ3n) is 4.86. The van der Waals surface area contributed by atoms with Gasteiger partial charge in [0.2, 0.25) is 5.95 Å². The molecule has 0 aromatic carbocycles. The van der Waals surface area contributed by atoms with Crippen LogP contribution < -0.4 is 10.2 Å². The lowest BCUT2D eigenvalue weighted by Crippen LogP contribution is -2.42. The molecule has 122 valence electrons. The number of nitrogens with one attached hydrogen (secondary N) is 1. The maximum absolute atomic E-state index is 4.77. The summed E-state index contributed by atoms with van der Waals surface area (Å²) < 4.78 is 0. The van der Waals surface area contributed by atoms with Crippen molar-refractivity contribution in [1.29, 1.82) is 0 Å². The number of hydrogen-bond donors (Lipinski definition) is 1. The van der Waals surface area contributed by atoms with Crippen molar-refractivity contribution in [2.45, 2.75) is 51.5 Å². The fraction of sp³-hybridized carbons (Fsp3) is 0.765. The maximum atomic E-state index is 4.77. The summed E-state index contributed by atoms with van der Waals surface area (Å²) in [4.78, 5) is 14.1. The molecule has 0 bridgehead atoms. The van der Waals surface area contributed by atoms with Crippen molar-refractivity contribution in [3.05, 3.63) is 12.3 Å². The van der Waals surface area contributed by atoms with Crippen molar-refractivity contribution >= 4 is 11.8 Å². The Morgan fingerprint density at radius 2 is 1.95 bits per heavy atom. The van der Waals surface area contributed by atoms with Crippen LogP contribution in [0.3, 0.4) is 0 Å². The van der Waals surface area contributed by atoms with Gasteiger partial charge in [-0.2, -0.15) is 4.98 Å². The molecule has 2 fully saturated rings. The first-order chi connectivity index (χ1) is 10.8. The molecule has 1 aromatic heterocycles. The van der Waals surface area contributed by atoms with Crippen LogP contribution in [0.4, 0.5) is 11.8 Å². The average molecular weight is 303 g/mol. The summed E-state index contributed by atoms with van der Waals surface area (Å²) in [6.45, 7) is 7.95. The fourth-order valence-electron chi connectivity index (χ4n) is 3.54. The second-order valence-electron chi connectivity index (χ2n) is 6.52. The van der Waals surface area contributed by atoms with Crippen LogP contribution in [0.2, 0.25) is 0 Å². The molecule has 0 saturated carbocycles. The van der Waals surface area contributed by atoms with E-state index in [4.69, 9.17) is 4.98 Å². The van der Waals surface area contributed by atoms with Gasteiger partial charge in [-0.25, -0.2) is 4.98 Å². The summed E-state index contributed by atoms with van der Waals surface area (Å²) in [5.41, 5.74) is 0. The van der Waals surface area contributed by atoms with Gasteiger partial charge in [-0.1, -0.05) is 19.8 Å². The van der Waals surface area contributed by atoms with Gasteiger partial charge < -0.3 is 15.1 Å². The molecule has 3 heterocycles. The zero-order valence-corrected chi connectivity index (χ0v) is 13.8. The first kappa shape index (κ1) is 15.5. The lowest BCUT2D eigenvalue weighted by molar-refractivity contribution is 0.226. The van der Waals surface area contributed by atoms with Crippen LogP contribution in [-0.2, 0) is 0 Å². The Kier molecular flexibility index (Phi) is 5.48. The first-order valence-electron chi connectivity index (χ1n) is 8.92. The highest BCUT2D eigenvalue weighted by molar-refractivity contribution is 5.43. The summed E-state index contributed by atoms with van der Waals surface area (Å²) in [6.07, 6.45) is 9.63. The molecule has 5 heteroatoms. The number of anilines is 2. The summed E-state index contributed by atoms with van der Waals surface area (Å²) >= 11 is 0. The molecule has 2 aliphatic heterocycles. The van der Waals surface area contributed by atoms with Gasteiger partial charge in [-0.3, -0.25) is 0 Å². The molecule has 0 aliphatic carbocycles. The van der Waals surface area contributed by atoms with Crippen molar-refractivity contribution in [2.24, 2.45) is 0 Å². The minimum atomic E-state index is 0.480. The molecule has 22 heavy (non-hydrogen) atoms. The molecule has 1 N–H and O–H groups in total. The Bertz CT molecular complexity index is 456. The van der Waals surface area contributed by atoms with Gasteiger partial charge in [-0.05, 0) is 44.8 Å². The molecule has 2 saturated heterocycles. The molecule has 0 radical (unpaired) electrons. The molecule has 2 aliphatic rings. The van der Waals surface area contributed by atoms with Gasteiger partial charge >= 0.3 is 0 Å². The van der Waals surface area contributed by atoms with Gasteiger partial charge in [0, 0.05) is 31.9 Å². The Balaban J connectivity index is 1.63. The van der Waals surface area contributed by atoms with Crippen LogP contribution in [0.1, 0.15) is 45.4 Å². The molecule has 5 nitrogen and oxygen atoms in total. The SMILES string of the molecule is CCN1CCC[C@H](Nc2nccc(N3CCCCCC3)n2)C1. The summed E-state index contributed by atoms with van der Waals surface area (Å²) in [6, 6.07) is 2.53. The van der Waals surface area contributed by atoms with Crippen molar-refractivity contribution < 1.29 is 0 Å². The van der Waals surface area contributed by atoms with Crippen LogP contribution in [0.15, 0.2) is 12.3 Å². The predicted octanol–water partition coefficient (Wildman–Crippen LogP) is 2.75. The zero-order chi connectivity index (χ0) is 15.2. The fourth-order valence-corrected chi connectivity index (χ4v) is 3.54. The van der Waals surface area contributed by atoms with E-state index < -0.39 is 0 Å². The standard InChI is InChI=1S/C17H29N5/c1-2-21-11-7-8-15(14-21)19-17-18-10-9-16(20-17)22-12-5-3-4-6-13-22/h9-10,15H,2-8,11-14H2,1H3,(H,18,19,20)/t15-/m0/s1. The minimum Gasteiger partial charge on any atom is -0.356 e. The quantitative estimate of drug-likeness (QED) is 0.926. The van der Waals surface area contributed by atoms with E-state index >= 15 is 0 Å². The Morgan fingerprint density at radius 1 is 1.14 bits per heavy atom. The summed E-state index contributed by atoms with van der Waals surface area (Å²) in [5.74, 6) is 1.88. The molecular formula is C17H29N5. The van der Waals surface area contributed by atoms with Gasteiger partial charge in [-0.15, -0.1) is 0 Å². The lowest BCUT2D eigenvalue weighted by Gasteiger charge is -2.32. The Morgan fingerprint density at radius 3 is 2.73 bits per heavy atom. The monoisotopic (exact) mass is 303 g/mol. The largest absolute Gasteiger partial charge is 0.356 e. The van der Waals surface area contributed by atoms with Gasteiger partial charge in [0.1, 0.15) is 5.82 Å². The number of likely N-dealkylation sites (N-methyl/N-ethyl adjacent to an activating group) is 1. The maximum Gasteiger partial charge on any atom is 0.224 e. The van der Waals surface area contributed by atoms with E-state index in [9.17, 15) is 0 Å². The number of rotatable bonds is 4. The van der Waals surface area contributed by atoms with E-state index in [2.05, 4.69) is 33.1 Å². The number of nitrogens with zero attached hydrogens (tertiary/aromatic N) is 4. The van der Waals surface area contributed by atoms with E-state index in [0.29, 0.717) is 6.04 Å². The predicted molar refractivity (Wildman–Crippen MR) is 91.5 cm³/mol. The first-order valence-corrected chi connectivity index (χ1v) is 8.92. The molecule has 3 rings (SSSR count). The topological polar surface area (TPSA) is 44.3 Å². The summed E-state index contributed by atoms with van der Waals surface area (Å²) in [7, 11) is 0. The number of aromatic nitrogens is 2. The van der Waals surface area contributed by atoms with Crippen molar-refractivity contribution in [1.82, 2.24) is 14.9 Å². The van der Waals surface area contributed by atoms with Crippen LogP contribution in [0.25, 0.3) is 0 Å². The smallest absolute Gasteiger partial charge is 0.224 e. The van der Waals surface area contributed by atoms with Crippen LogP contribution in [-0.4, -0.2) is 53.6 Å². The Hall–Kier alpha value is -1.36. The van der Waals surface area contributed by atoms with Gasteiger partial charge in [0.15, 0.2) is 0 Å². The Labute approximate surface area is 134 Å². The normalized spacial score (nSPS) is 24.0. The average Bonchev–Trinajstić information content (AvgIpc) is 2.84. The third-order valence-corrected chi connectivity index (χ3v) is 4.86. The molecular weight excluding hydrogens is 274 g/mol. The second-order valence-corrected chi connectivity index (χ2v) is 6.52. The van der Waals surface area contributed by atoms with E-state index in [0.717, 1.165) is 37.9 Å². The lowest BCUT2D eigenvalue weighted by atomic mass is 10.1. The second kappa shape index (κ2) is 7.77. The van der Waals surface area contributed by atoms with E-state index in [-0.39, 0.29) is 0 Å². The molecule has 1 aromatic rings. The molecule has 0 spiro atoms. The van der Waals surface area contributed by atoms with Crippen LogP contribution >= 0.6 is 0 Å². The van der Waals surface area contributed by atoms with E-state index in [1.165, 1.54) is 45.1 Å². The number of likely N-dealkylation sites (tertiary alicyclic amines) is 1. The highest BCUT2D eigenvalue weighted by Gasteiger charge is 2.19. The van der Waals surface area contributed by atoms with Crippen molar-refractivity contribution in [3.8, 4) is 0 Å². The minimum absolute atomic E-state index is 0.480. The van der Waals surface area contributed by atoms with Crippen LogP contribution in [0.5, 0.6) is 0 Å². The highest BCUT2D eigenvalue weighted by Crippen LogP contribution is 2.19. The molecule has 0 unspecified atom stereocenters. The molecule has 0 amide bonds. The zero-order valence-electron chi connectivity index (χ0n) is 13.8. The number of hydrogen-bond acceptors (Lipinski definition) is 5. The van der Waals surface area contributed by atoms with Gasteiger partial charge in [0.25, 0.3) is 0 Å². The van der Waals surface area contributed by atoms with Crippen LogP contribution in [0, 0.1) is 0 Å². The van der Waals surface area contributed by atoms with Crippen molar-refractivity contribution in [3.63, 3.8) is 0 Å². The van der Waals surface area contributed by atoms with Crippen molar-refractivity contribution in [2.75, 3.05) is 42.9 Å².